The van der Waals surface area contributed by atoms with Gasteiger partial charge in [0.25, 0.3) is 5.91 Å². The highest BCUT2D eigenvalue weighted by Crippen LogP contribution is 2.29. The average Bonchev–Trinajstić information content (AvgIpc) is 2.75. The SMILES string of the molecule is Cc1cc(Cc2ccccc2Cl)cc(C2CCN(C(=O)c3cnc(N)nc3C)CC2)n1. The first-order valence-electron chi connectivity index (χ1n) is 10.5. The zero-order chi connectivity index (χ0) is 22.0. The standard InChI is InChI=1S/C24H26ClN5O/c1-15-11-17(12-19-5-3-4-6-21(19)25)13-22(28-15)18-7-9-30(10-8-18)23(31)20-14-27-24(26)29-16(20)2/h3-6,11,13-14,18H,7-10,12H2,1-2H3,(H2,26,27,29). The molecule has 2 aromatic heterocycles. The van der Waals surface area contributed by atoms with Crippen LogP contribution >= 0.6 is 11.6 Å². The Labute approximate surface area is 187 Å². The molecule has 1 aliphatic rings. The fourth-order valence-electron chi connectivity index (χ4n) is 4.18. The predicted octanol–water partition coefficient (Wildman–Crippen LogP) is 4.33. The average molecular weight is 436 g/mol. The van der Waals surface area contributed by atoms with Crippen LogP contribution in [0.25, 0.3) is 0 Å². The fourth-order valence-corrected chi connectivity index (χ4v) is 4.39. The van der Waals surface area contributed by atoms with Crippen LogP contribution in [-0.4, -0.2) is 38.8 Å². The summed E-state index contributed by atoms with van der Waals surface area (Å²) < 4.78 is 0. The number of halogens is 1. The molecule has 0 spiro atoms. The summed E-state index contributed by atoms with van der Waals surface area (Å²) in [5.41, 5.74) is 11.2. The van der Waals surface area contributed by atoms with Crippen molar-refractivity contribution in [3.8, 4) is 0 Å². The molecule has 0 saturated carbocycles. The maximum Gasteiger partial charge on any atom is 0.257 e. The van der Waals surface area contributed by atoms with E-state index in [4.69, 9.17) is 22.3 Å². The topological polar surface area (TPSA) is 85.0 Å². The van der Waals surface area contributed by atoms with Gasteiger partial charge in [-0.05, 0) is 62.4 Å². The van der Waals surface area contributed by atoms with Gasteiger partial charge in [-0.15, -0.1) is 0 Å². The number of anilines is 1. The number of carbonyl (C=O) groups is 1. The summed E-state index contributed by atoms with van der Waals surface area (Å²) in [6, 6.07) is 12.3. The van der Waals surface area contributed by atoms with Gasteiger partial charge in [0.2, 0.25) is 5.95 Å². The minimum Gasteiger partial charge on any atom is -0.368 e. The Kier molecular flexibility index (Phi) is 6.18. The van der Waals surface area contributed by atoms with Crippen LogP contribution in [0.15, 0.2) is 42.6 Å². The zero-order valence-corrected chi connectivity index (χ0v) is 18.6. The van der Waals surface area contributed by atoms with Crippen molar-refractivity contribution in [1.29, 1.82) is 0 Å². The van der Waals surface area contributed by atoms with Crippen molar-refractivity contribution in [3.63, 3.8) is 0 Å². The Hall–Kier alpha value is -2.99. The van der Waals surface area contributed by atoms with Gasteiger partial charge in [-0.2, -0.15) is 0 Å². The highest BCUT2D eigenvalue weighted by Gasteiger charge is 2.27. The highest BCUT2D eigenvalue weighted by atomic mass is 35.5. The van der Waals surface area contributed by atoms with E-state index >= 15 is 0 Å². The summed E-state index contributed by atoms with van der Waals surface area (Å²) >= 11 is 6.35. The highest BCUT2D eigenvalue weighted by molar-refractivity contribution is 6.31. The monoisotopic (exact) mass is 435 g/mol. The lowest BCUT2D eigenvalue weighted by Gasteiger charge is -2.32. The molecule has 1 aliphatic heterocycles. The van der Waals surface area contributed by atoms with E-state index < -0.39 is 0 Å². The quantitative estimate of drug-likeness (QED) is 0.659. The molecule has 3 aromatic rings. The molecule has 31 heavy (non-hydrogen) atoms. The van der Waals surface area contributed by atoms with Crippen LogP contribution in [0.1, 0.15) is 57.3 Å². The van der Waals surface area contributed by atoms with E-state index in [2.05, 4.69) is 28.2 Å². The van der Waals surface area contributed by atoms with Crippen molar-refractivity contribution in [2.45, 2.75) is 39.0 Å². The molecular formula is C24H26ClN5O. The summed E-state index contributed by atoms with van der Waals surface area (Å²) in [6.45, 7) is 5.18. The predicted molar refractivity (Wildman–Crippen MR) is 122 cm³/mol. The molecule has 0 radical (unpaired) electrons. The van der Waals surface area contributed by atoms with Crippen molar-refractivity contribution in [3.05, 3.63) is 81.4 Å². The lowest BCUT2D eigenvalue weighted by atomic mass is 9.91. The van der Waals surface area contributed by atoms with Crippen LogP contribution < -0.4 is 5.73 Å². The number of piperidine rings is 1. The molecule has 6 nitrogen and oxygen atoms in total. The third kappa shape index (κ3) is 4.85. The van der Waals surface area contributed by atoms with E-state index in [9.17, 15) is 4.79 Å². The van der Waals surface area contributed by atoms with E-state index in [1.165, 1.54) is 11.8 Å². The number of rotatable bonds is 4. The summed E-state index contributed by atoms with van der Waals surface area (Å²) in [7, 11) is 0. The summed E-state index contributed by atoms with van der Waals surface area (Å²) in [5, 5.41) is 0.785. The van der Waals surface area contributed by atoms with E-state index in [-0.39, 0.29) is 11.9 Å². The van der Waals surface area contributed by atoms with Crippen molar-refractivity contribution < 1.29 is 4.79 Å². The molecule has 1 fully saturated rings. The molecule has 0 aliphatic carbocycles. The fraction of sp³-hybridized carbons (Fsp3) is 0.333. The number of hydrogen-bond donors (Lipinski definition) is 1. The second-order valence-corrected chi connectivity index (χ2v) is 8.51. The van der Waals surface area contributed by atoms with Gasteiger partial charge in [0.15, 0.2) is 0 Å². The van der Waals surface area contributed by atoms with Gasteiger partial charge in [-0.3, -0.25) is 9.78 Å². The number of likely N-dealkylation sites (tertiary alicyclic amines) is 1. The van der Waals surface area contributed by atoms with E-state index in [0.717, 1.165) is 41.2 Å². The van der Waals surface area contributed by atoms with Gasteiger partial charge < -0.3 is 10.6 Å². The molecule has 1 amide bonds. The summed E-state index contributed by atoms with van der Waals surface area (Å²) in [5.74, 6) is 0.483. The van der Waals surface area contributed by atoms with Crippen LogP contribution in [0.5, 0.6) is 0 Å². The van der Waals surface area contributed by atoms with Gasteiger partial charge in [0, 0.05) is 41.6 Å². The molecule has 0 unspecified atom stereocenters. The Morgan fingerprint density at radius 3 is 2.61 bits per heavy atom. The molecule has 1 saturated heterocycles. The minimum absolute atomic E-state index is 0.0347. The van der Waals surface area contributed by atoms with Crippen LogP contribution in [0.2, 0.25) is 5.02 Å². The third-order valence-electron chi connectivity index (χ3n) is 5.81. The minimum atomic E-state index is -0.0347. The van der Waals surface area contributed by atoms with Gasteiger partial charge >= 0.3 is 0 Å². The number of hydrogen-bond acceptors (Lipinski definition) is 5. The Balaban J connectivity index is 1.45. The molecule has 0 bridgehead atoms. The van der Waals surface area contributed by atoms with Gasteiger partial charge in [0.05, 0.1) is 11.3 Å². The molecule has 4 rings (SSSR count). The van der Waals surface area contributed by atoms with Crippen molar-refractivity contribution >= 4 is 23.5 Å². The van der Waals surface area contributed by atoms with E-state index in [0.29, 0.717) is 30.3 Å². The molecule has 0 atom stereocenters. The van der Waals surface area contributed by atoms with Crippen molar-refractivity contribution in [2.75, 3.05) is 18.8 Å². The molecule has 3 heterocycles. The lowest BCUT2D eigenvalue weighted by molar-refractivity contribution is 0.0710. The van der Waals surface area contributed by atoms with Crippen molar-refractivity contribution in [2.24, 2.45) is 0 Å². The second kappa shape index (κ2) is 9.02. The van der Waals surface area contributed by atoms with E-state index in [1.807, 2.05) is 30.0 Å². The number of nitrogens with two attached hydrogens (primary N) is 1. The number of aromatic nitrogens is 3. The zero-order valence-electron chi connectivity index (χ0n) is 17.8. The van der Waals surface area contributed by atoms with Crippen LogP contribution in [0.3, 0.4) is 0 Å². The number of nitrogens with zero attached hydrogens (tertiary/aromatic N) is 4. The normalized spacial score (nSPS) is 14.6. The number of benzene rings is 1. The smallest absolute Gasteiger partial charge is 0.257 e. The van der Waals surface area contributed by atoms with E-state index in [1.54, 1.807) is 6.92 Å². The molecule has 160 valence electrons. The molecule has 2 N–H and O–H groups in total. The van der Waals surface area contributed by atoms with Crippen LogP contribution in [0.4, 0.5) is 5.95 Å². The maximum atomic E-state index is 12.9. The van der Waals surface area contributed by atoms with Gasteiger partial charge in [0.1, 0.15) is 0 Å². The first-order valence-corrected chi connectivity index (χ1v) is 10.9. The number of amides is 1. The molecule has 1 aromatic carbocycles. The number of aryl methyl sites for hydroxylation is 2. The summed E-state index contributed by atoms with van der Waals surface area (Å²) in [6.07, 6.45) is 4.06. The molecule has 7 heteroatoms. The first kappa shape index (κ1) is 21.2. The first-order chi connectivity index (χ1) is 14.9. The second-order valence-electron chi connectivity index (χ2n) is 8.10. The number of carbonyl (C=O) groups excluding carboxylic acids is 1. The van der Waals surface area contributed by atoms with Crippen LogP contribution in [-0.2, 0) is 6.42 Å². The van der Waals surface area contributed by atoms with Crippen molar-refractivity contribution in [1.82, 2.24) is 19.9 Å². The molecular weight excluding hydrogens is 410 g/mol. The summed E-state index contributed by atoms with van der Waals surface area (Å²) in [4.78, 5) is 27.7. The van der Waals surface area contributed by atoms with Crippen LogP contribution in [0, 0.1) is 13.8 Å². The number of pyridine rings is 1. The Morgan fingerprint density at radius 2 is 1.90 bits per heavy atom. The van der Waals surface area contributed by atoms with Gasteiger partial charge in [-0.25, -0.2) is 9.97 Å². The lowest BCUT2D eigenvalue weighted by Crippen LogP contribution is -2.38. The Morgan fingerprint density at radius 1 is 1.16 bits per heavy atom. The Bertz CT molecular complexity index is 1110. The maximum absolute atomic E-state index is 12.9. The van der Waals surface area contributed by atoms with Gasteiger partial charge in [-0.1, -0.05) is 29.8 Å². The number of nitrogen functional groups attached to an aromatic ring is 1. The third-order valence-corrected chi connectivity index (χ3v) is 6.18. The largest absolute Gasteiger partial charge is 0.368 e.